The SMILES string of the molecule is CCOc1ccc2cc(COC(OC)(OC)c3cc4ccccc4cc3OC)ccc2c1C(OC)(OC)OC. The molecule has 8 heteroatoms. The van der Waals surface area contributed by atoms with Gasteiger partial charge in [0, 0.05) is 35.5 Å². The van der Waals surface area contributed by atoms with Crippen LogP contribution in [0.3, 0.4) is 0 Å². The fourth-order valence-corrected chi connectivity index (χ4v) is 4.90. The molecular weight excluding hydrogens is 500 g/mol. The maximum atomic E-state index is 6.34. The minimum Gasteiger partial charge on any atom is -0.496 e. The number of ether oxygens (including phenoxy) is 8. The third-order valence-corrected chi connectivity index (χ3v) is 6.82. The molecule has 0 radical (unpaired) electrons. The average molecular weight is 537 g/mol. The van der Waals surface area contributed by atoms with Gasteiger partial charge in [0.2, 0.25) is 0 Å². The topological polar surface area (TPSA) is 73.8 Å². The second-order valence-electron chi connectivity index (χ2n) is 8.75. The highest BCUT2D eigenvalue weighted by atomic mass is 16.9. The summed E-state index contributed by atoms with van der Waals surface area (Å²) in [4.78, 5) is 0. The fourth-order valence-electron chi connectivity index (χ4n) is 4.90. The van der Waals surface area contributed by atoms with E-state index in [2.05, 4.69) is 0 Å². The van der Waals surface area contributed by atoms with Crippen molar-refractivity contribution in [2.75, 3.05) is 49.3 Å². The summed E-state index contributed by atoms with van der Waals surface area (Å²) in [6, 6.07) is 21.7. The van der Waals surface area contributed by atoms with E-state index in [9.17, 15) is 0 Å². The first-order valence-electron chi connectivity index (χ1n) is 12.6. The first-order valence-corrected chi connectivity index (χ1v) is 12.6. The summed E-state index contributed by atoms with van der Waals surface area (Å²) in [5.41, 5.74) is 2.17. The van der Waals surface area contributed by atoms with E-state index in [0.29, 0.717) is 29.2 Å². The second-order valence-corrected chi connectivity index (χ2v) is 8.75. The van der Waals surface area contributed by atoms with Crippen molar-refractivity contribution in [3.63, 3.8) is 0 Å². The van der Waals surface area contributed by atoms with Gasteiger partial charge in [0.1, 0.15) is 11.5 Å². The molecule has 0 aliphatic heterocycles. The van der Waals surface area contributed by atoms with Crippen LogP contribution < -0.4 is 9.47 Å². The van der Waals surface area contributed by atoms with Crippen LogP contribution in [-0.4, -0.2) is 49.3 Å². The van der Waals surface area contributed by atoms with Gasteiger partial charge in [-0.15, -0.1) is 0 Å². The van der Waals surface area contributed by atoms with Crippen LogP contribution in [0, 0.1) is 0 Å². The monoisotopic (exact) mass is 536 g/mol. The Balaban J connectivity index is 1.73. The van der Waals surface area contributed by atoms with Crippen molar-refractivity contribution >= 4 is 21.5 Å². The molecule has 0 heterocycles. The summed E-state index contributed by atoms with van der Waals surface area (Å²) >= 11 is 0. The normalized spacial score (nSPS) is 12.3. The van der Waals surface area contributed by atoms with Crippen LogP contribution in [0.1, 0.15) is 23.6 Å². The Hall–Kier alpha value is -3.24. The van der Waals surface area contributed by atoms with E-state index in [1.165, 1.54) is 21.3 Å². The van der Waals surface area contributed by atoms with Gasteiger partial charge in [0.05, 0.1) is 31.5 Å². The third kappa shape index (κ3) is 5.32. The molecule has 0 amide bonds. The van der Waals surface area contributed by atoms with Gasteiger partial charge >= 0.3 is 11.9 Å². The van der Waals surface area contributed by atoms with Crippen LogP contribution >= 0.6 is 0 Å². The van der Waals surface area contributed by atoms with Crippen molar-refractivity contribution in [3.8, 4) is 11.5 Å². The summed E-state index contributed by atoms with van der Waals surface area (Å²) in [6.45, 7) is 2.59. The summed E-state index contributed by atoms with van der Waals surface area (Å²) in [5.74, 6) is -1.72. The van der Waals surface area contributed by atoms with E-state index in [1.807, 2.05) is 73.7 Å². The van der Waals surface area contributed by atoms with Gasteiger partial charge < -0.3 is 37.9 Å². The molecule has 0 atom stereocenters. The summed E-state index contributed by atoms with van der Waals surface area (Å²) < 4.78 is 46.6. The Kier molecular flexibility index (Phi) is 9.07. The molecule has 0 aliphatic rings. The lowest BCUT2D eigenvalue weighted by molar-refractivity contribution is -0.380. The first-order chi connectivity index (χ1) is 18.9. The molecule has 4 rings (SSSR count). The molecule has 4 aromatic carbocycles. The van der Waals surface area contributed by atoms with Gasteiger partial charge in [0.15, 0.2) is 0 Å². The zero-order valence-electron chi connectivity index (χ0n) is 23.5. The Bertz CT molecular complexity index is 1400. The minimum absolute atomic E-state index is 0.195. The first kappa shape index (κ1) is 28.8. The molecule has 0 saturated carbocycles. The molecule has 39 heavy (non-hydrogen) atoms. The number of benzene rings is 4. The molecule has 0 spiro atoms. The zero-order chi connectivity index (χ0) is 28.0. The summed E-state index contributed by atoms with van der Waals surface area (Å²) in [7, 11) is 9.28. The number of methoxy groups -OCH3 is 6. The molecule has 0 saturated heterocycles. The smallest absolute Gasteiger partial charge is 0.315 e. The molecule has 8 nitrogen and oxygen atoms in total. The van der Waals surface area contributed by atoms with Crippen LogP contribution in [0.5, 0.6) is 11.5 Å². The number of hydrogen-bond donors (Lipinski definition) is 0. The minimum atomic E-state index is -1.49. The lowest BCUT2D eigenvalue weighted by Crippen LogP contribution is -2.34. The number of hydrogen-bond acceptors (Lipinski definition) is 8. The van der Waals surface area contributed by atoms with E-state index in [0.717, 1.165) is 27.1 Å². The largest absolute Gasteiger partial charge is 0.496 e. The van der Waals surface area contributed by atoms with E-state index in [1.54, 1.807) is 21.3 Å². The molecule has 208 valence electrons. The Morgan fingerprint density at radius 1 is 0.615 bits per heavy atom. The molecular formula is C31H36O8. The zero-order valence-corrected chi connectivity index (χ0v) is 23.5. The van der Waals surface area contributed by atoms with E-state index in [4.69, 9.17) is 37.9 Å². The van der Waals surface area contributed by atoms with Crippen molar-refractivity contribution in [1.29, 1.82) is 0 Å². The molecule has 0 N–H and O–H groups in total. The van der Waals surface area contributed by atoms with Gasteiger partial charge in [-0.05, 0) is 58.3 Å². The molecule has 0 unspecified atom stereocenters. The molecule has 0 aliphatic carbocycles. The van der Waals surface area contributed by atoms with Gasteiger partial charge in [-0.3, -0.25) is 0 Å². The quantitative estimate of drug-likeness (QED) is 0.191. The number of rotatable bonds is 13. The number of fused-ring (bicyclic) bond motifs is 2. The van der Waals surface area contributed by atoms with Gasteiger partial charge in [-0.1, -0.05) is 42.5 Å². The van der Waals surface area contributed by atoms with Crippen molar-refractivity contribution in [3.05, 3.63) is 83.4 Å². The molecule has 0 bridgehead atoms. The second kappa shape index (κ2) is 12.3. The lowest BCUT2D eigenvalue weighted by atomic mass is 9.99. The standard InChI is InChI=1S/C31H36O8/c1-8-38-27-16-14-24-17-21(13-15-25(24)29(27)31(35-5,36-6)37-7)20-39-30(33-3,34-4)26-18-22-11-9-10-12-23(22)19-28(26)32-2/h9-19H,8,20H2,1-7H3. The highest BCUT2D eigenvalue weighted by Gasteiger charge is 2.39. The average Bonchev–Trinajstić information content (AvgIpc) is 2.99. The van der Waals surface area contributed by atoms with E-state index < -0.39 is 11.9 Å². The Morgan fingerprint density at radius 2 is 1.26 bits per heavy atom. The predicted octanol–water partition coefficient (Wildman–Crippen LogP) is 6.07. The van der Waals surface area contributed by atoms with Crippen LogP contribution in [0.25, 0.3) is 21.5 Å². The Labute approximate surface area is 229 Å². The molecule has 0 fully saturated rings. The third-order valence-electron chi connectivity index (χ3n) is 6.82. The van der Waals surface area contributed by atoms with Gasteiger partial charge in [-0.25, -0.2) is 0 Å². The lowest BCUT2D eigenvalue weighted by Gasteiger charge is -2.32. The molecule has 0 aromatic heterocycles. The highest BCUT2D eigenvalue weighted by molar-refractivity contribution is 5.89. The molecule has 4 aromatic rings. The van der Waals surface area contributed by atoms with Crippen LogP contribution in [0.15, 0.2) is 66.7 Å². The van der Waals surface area contributed by atoms with Crippen molar-refractivity contribution in [2.24, 2.45) is 0 Å². The highest BCUT2D eigenvalue weighted by Crippen LogP contribution is 2.41. The maximum Gasteiger partial charge on any atom is 0.315 e. The van der Waals surface area contributed by atoms with Crippen LogP contribution in [-0.2, 0) is 47.0 Å². The predicted molar refractivity (Wildman–Crippen MR) is 149 cm³/mol. The van der Waals surface area contributed by atoms with Crippen LogP contribution in [0.2, 0.25) is 0 Å². The summed E-state index contributed by atoms with van der Waals surface area (Å²) in [5, 5.41) is 3.83. The van der Waals surface area contributed by atoms with Gasteiger partial charge in [0.25, 0.3) is 0 Å². The van der Waals surface area contributed by atoms with Crippen molar-refractivity contribution in [2.45, 2.75) is 25.5 Å². The van der Waals surface area contributed by atoms with E-state index in [-0.39, 0.29) is 6.61 Å². The fraction of sp³-hybridized carbons (Fsp3) is 0.355. The van der Waals surface area contributed by atoms with Crippen molar-refractivity contribution < 1.29 is 37.9 Å². The van der Waals surface area contributed by atoms with Gasteiger partial charge in [-0.2, -0.15) is 0 Å². The van der Waals surface area contributed by atoms with Crippen molar-refractivity contribution in [1.82, 2.24) is 0 Å². The maximum absolute atomic E-state index is 6.34. The van der Waals surface area contributed by atoms with E-state index >= 15 is 0 Å². The van der Waals surface area contributed by atoms with Crippen LogP contribution in [0.4, 0.5) is 0 Å². The summed E-state index contributed by atoms with van der Waals surface area (Å²) in [6.07, 6.45) is 0. The Morgan fingerprint density at radius 3 is 1.85 bits per heavy atom.